The second-order valence-electron chi connectivity index (χ2n) is 2.98. The minimum atomic E-state index is -0.281. The molecule has 4 heteroatoms. The van der Waals surface area contributed by atoms with Gasteiger partial charge in [-0.05, 0) is 6.92 Å². The standard InChI is InChI=1S/C9H15NO3/c1-4-5-8(12-3)7-6-13-9(11)10(7)2/h4-5,7-8H,6H2,1-3H3/b5-4+/t7-,8-/m0/s1. The Morgan fingerprint density at radius 1 is 1.77 bits per heavy atom. The average Bonchev–Trinajstić information content (AvgIpc) is 2.45. The molecule has 2 atom stereocenters. The first kappa shape index (κ1) is 10.1. The topological polar surface area (TPSA) is 38.8 Å². The van der Waals surface area contributed by atoms with Crippen molar-refractivity contribution >= 4 is 6.09 Å². The molecule has 1 aliphatic rings. The van der Waals surface area contributed by atoms with Gasteiger partial charge in [0.2, 0.25) is 0 Å². The predicted molar refractivity (Wildman–Crippen MR) is 48.5 cm³/mol. The van der Waals surface area contributed by atoms with Gasteiger partial charge < -0.3 is 14.4 Å². The van der Waals surface area contributed by atoms with E-state index in [2.05, 4.69) is 0 Å². The van der Waals surface area contributed by atoms with Crippen molar-refractivity contribution in [1.82, 2.24) is 4.90 Å². The predicted octanol–water partition coefficient (Wildman–Crippen LogP) is 1.03. The molecule has 0 unspecified atom stereocenters. The molecule has 0 aromatic carbocycles. The van der Waals surface area contributed by atoms with E-state index in [-0.39, 0.29) is 18.2 Å². The Labute approximate surface area is 78.1 Å². The minimum Gasteiger partial charge on any atom is -0.447 e. The number of carbonyl (C=O) groups excluding carboxylic acids is 1. The van der Waals surface area contributed by atoms with Crippen LogP contribution in [-0.4, -0.2) is 43.9 Å². The quantitative estimate of drug-likeness (QED) is 0.616. The summed E-state index contributed by atoms with van der Waals surface area (Å²) in [6, 6.07) is -0.00583. The van der Waals surface area contributed by atoms with Crippen molar-refractivity contribution in [2.24, 2.45) is 0 Å². The highest BCUT2D eigenvalue weighted by Crippen LogP contribution is 2.15. The van der Waals surface area contributed by atoms with Crippen LogP contribution in [-0.2, 0) is 9.47 Å². The average molecular weight is 185 g/mol. The van der Waals surface area contributed by atoms with Crippen molar-refractivity contribution in [3.8, 4) is 0 Å². The molecule has 0 aliphatic carbocycles. The number of carbonyl (C=O) groups is 1. The number of allylic oxidation sites excluding steroid dienone is 1. The fourth-order valence-corrected chi connectivity index (χ4v) is 1.37. The van der Waals surface area contributed by atoms with Crippen LogP contribution in [0, 0.1) is 0 Å². The highest BCUT2D eigenvalue weighted by molar-refractivity contribution is 5.69. The molecular formula is C9H15NO3. The Balaban J connectivity index is 2.64. The molecule has 0 aromatic rings. The summed E-state index contributed by atoms with van der Waals surface area (Å²) in [5.41, 5.74) is 0. The third kappa shape index (κ3) is 2.01. The summed E-state index contributed by atoms with van der Waals surface area (Å²) in [6.07, 6.45) is 3.46. The van der Waals surface area contributed by atoms with Gasteiger partial charge in [0, 0.05) is 14.2 Å². The van der Waals surface area contributed by atoms with Gasteiger partial charge in [0.25, 0.3) is 0 Å². The molecule has 0 aromatic heterocycles. The van der Waals surface area contributed by atoms with E-state index in [1.54, 1.807) is 19.1 Å². The summed E-state index contributed by atoms with van der Waals surface area (Å²) in [4.78, 5) is 12.6. The number of cyclic esters (lactones) is 1. The SMILES string of the molecule is C/C=C/[C@H](OC)[C@@H]1COC(=O)N1C. The fraction of sp³-hybridized carbons (Fsp3) is 0.667. The van der Waals surface area contributed by atoms with Crippen LogP contribution in [0.5, 0.6) is 0 Å². The number of ether oxygens (including phenoxy) is 2. The van der Waals surface area contributed by atoms with Gasteiger partial charge in [0.05, 0.1) is 12.1 Å². The maximum Gasteiger partial charge on any atom is 0.410 e. The number of amides is 1. The van der Waals surface area contributed by atoms with E-state index >= 15 is 0 Å². The number of methoxy groups -OCH3 is 1. The van der Waals surface area contributed by atoms with Crippen molar-refractivity contribution in [1.29, 1.82) is 0 Å². The smallest absolute Gasteiger partial charge is 0.410 e. The molecule has 4 nitrogen and oxygen atoms in total. The molecule has 0 N–H and O–H groups in total. The zero-order valence-electron chi connectivity index (χ0n) is 8.19. The van der Waals surface area contributed by atoms with E-state index in [9.17, 15) is 4.79 Å². The van der Waals surface area contributed by atoms with Crippen LogP contribution in [0.1, 0.15) is 6.92 Å². The van der Waals surface area contributed by atoms with Gasteiger partial charge in [0.1, 0.15) is 6.61 Å². The van der Waals surface area contributed by atoms with Crippen LogP contribution in [0.3, 0.4) is 0 Å². The van der Waals surface area contributed by atoms with Gasteiger partial charge in [-0.1, -0.05) is 12.2 Å². The van der Waals surface area contributed by atoms with Crippen LogP contribution >= 0.6 is 0 Å². The maximum absolute atomic E-state index is 11.0. The van der Waals surface area contributed by atoms with E-state index in [4.69, 9.17) is 9.47 Å². The van der Waals surface area contributed by atoms with E-state index < -0.39 is 0 Å². The number of rotatable bonds is 3. The van der Waals surface area contributed by atoms with Crippen LogP contribution in [0.4, 0.5) is 4.79 Å². The largest absolute Gasteiger partial charge is 0.447 e. The second kappa shape index (κ2) is 4.28. The van der Waals surface area contributed by atoms with E-state index in [1.807, 2.05) is 19.1 Å². The Kier molecular flexibility index (Phi) is 3.31. The maximum atomic E-state index is 11.0. The molecule has 13 heavy (non-hydrogen) atoms. The third-order valence-electron chi connectivity index (χ3n) is 2.20. The van der Waals surface area contributed by atoms with Gasteiger partial charge in [-0.25, -0.2) is 4.79 Å². The lowest BCUT2D eigenvalue weighted by atomic mass is 10.1. The number of hydrogen-bond acceptors (Lipinski definition) is 3. The molecule has 1 saturated heterocycles. The third-order valence-corrected chi connectivity index (χ3v) is 2.20. The van der Waals surface area contributed by atoms with Gasteiger partial charge in [-0.3, -0.25) is 0 Å². The zero-order valence-corrected chi connectivity index (χ0v) is 8.19. The first-order valence-corrected chi connectivity index (χ1v) is 4.26. The van der Waals surface area contributed by atoms with Crippen molar-refractivity contribution in [2.75, 3.05) is 20.8 Å². The Morgan fingerprint density at radius 2 is 2.46 bits per heavy atom. The van der Waals surface area contributed by atoms with Crippen molar-refractivity contribution < 1.29 is 14.3 Å². The highest BCUT2D eigenvalue weighted by atomic mass is 16.6. The first-order valence-electron chi connectivity index (χ1n) is 4.26. The van der Waals surface area contributed by atoms with Crippen molar-refractivity contribution in [2.45, 2.75) is 19.1 Å². The molecule has 0 bridgehead atoms. The number of likely N-dealkylation sites (N-methyl/N-ethyl adjacent to an activating group) is 1. The summed E-state index contributed by atoms with van der Waals surface area (Å²) in [6.45, 7) is 2.32. The molecule has 1 aliphatic heterocycles. The van der Waals surface area contributed by atoms with Gasteiger partial charge >= 0.3 is 6.09 Å². The van der Waals surface area contributed by atoms with Crippen LogP contribution in [0.25, 0.3) is 0 Å². The second-order valence-corrected chi connectivity index (χ2v) is 2.98. The molecule has 0 saturated carbocycles. The highest BCUT2D eigenvalue weighted by Gasteiger charge is 2.34. The monoisotopic (exact) mass is 185 g/mol. The lowest BCUT2D eigenvalue weighted by molar-refractivity contribution is 0.0808. The molecule has 1 amide bonds. The van der Waals surface area contributed by atoms with Crippen LogP contribution in [0.2, 0.25) is 0 Å². The Hall–Kier alpha value is -1.03. The number of hydrogen-bond donors (Lipinski definition) is 0. The zero-order chi connectivity index (χ0) is 9.84. The van der Waals surface area contributed by atoms with E-state index in [0.717, 1.165) is 0 Å². The van der Waals surface area contributed by atoms with Crippen molar-refractivity contribution in [3.63, 3.8) is 0 Å². The normalized spacial score (nSPS) is 25.3. The van der Waals surface area contributed by atoms with Crippen molar-refractivity contribution in [3.05, 3.63) is 12.2 Å². The van der Waals surface area contributed by atoms with E-state index in [0.29, 0.717) is 6.61 Å². The summed E-state index contributed by atoms with van der Waals surface area (Å²) >= 11 is 0. The molecule has 0 spiro atoms. The van der Waals surface area contributed by atoms with Crippen LogP contribution < -0.4 is 0 Å². The van der Waals surface area contributed by atoms with Crippen LogP contribution in [0.15, 0.2) is 12.2 Å². The fourth-order valence-electron chi connectivity index (χ4n) is 1.37. The first-order chi connectivity index (χ1) is 6.20. The summed E-state index contributed by atoms with van der Waals surface area (Å²) < 4.78 is 10.1. The molecule has 74 valence electrons. The van der Waals surface area contributed by atoms with Gasteiger partial charge in [-0.2, -0.15) is 0 Å². The molecule has 1 fully saturated rings. The minimum absolute atomic E-state index is 0.00583. The Bertz CT molecular complexity index is 215. The Morgan fingerprint density at radius 3 is 2.85 bits per heavy atom. The van der Waals surface area contributed by atoms with Gasteiger partial charge in [0.15, 0.2) is 0 Å². The summed E-state index contributed by atoms with van der Waals surface area (Å²) in [5, 5.41) is 0. The summed E-state index contributed by atoms with van der Waals surface area (Å²) in [7, 11) is 3.34. The number of nitrogens with zero attached hydrogens (tertiary/aromatic N) is 1. The van der Waals surface area contributed by atoms with Gasteiger partial charge in [-0.15, -0.1) is 0 Å². The lowest BCUT2D eigenvalue weighted by Gasteiger charge is -2.22. The summed E-state index contributed by atoms with van der Waals surface area (Å²) in [5.74, 6) is 0. The molecule has 1 heterocycles. The lowest BCUT2D eigenvalue weighted by Crippen LogP contribution is -2.39. The van der Waals surface area contributed by atoms with E-state index in [1.165, 1.54) is 0 Å². The molecular weight excluding hydrogens is 170 g/mol. The molecule has 0 radical (unpaired) electrons. The molecule has 1 rings (SSSR count).